The number of benzene rings is 2. The minimum absolute atomic E-state index is 0.0439. The van der Waals surface area contributed by atoms with Crippen LogP contribution in [0.4, 0.5) is 8.78 Å². The molecule has 0 aliphatic carbocycles. The minimum Gasteiger partial charge on any atom is -0.379 e. The van der Waals surface area contributed by atoms with Gasteiger partial charge in [0.25, 0.3) is 0 Å². The van der Waals surface area contributed by atoms with Crippen LogP contribution in [-0.4, -0.2) is 46.2 Å². The molecule has 1 saturated heterocycles. The molecule has 1 atom stereocenters. The highest BCUT2D eigenvalue weighted by Crippen LogP contribution is 2.22. The molecule has 0 radical (unpaired) electrons. The van der Waals surface area contributed by atoms with Crippen molar-refractivity contribution < 1.29 is 21.9 Å². The van der Waals surface area contributed by atoms with Gasteiger partial charge in [-0.3, -0.25) is 4.90 Å². The van der Waals surface area contributed by atoms with E-state index in [1.807, 2.05) is 30.3 Å². The SMILES string of the molecule is O=S(=O)(NC[C@@H](c1ccccc1)N1CCOCC1)c1cc(F)ccc1F. The van der Waals surface area contributed by atoms with Crippen LogP contribution in [0, 0.1) is 11.6 Å². The Hall–Kier alpha value is -1.87. The second-order valence-electron chi connectivity index (χ2n) is 6.00. The smallest absolute Gasteiger partial charge is 0.243 e. The zero-order valence-corrected chi connectivity index (χ0v) is 14.9. The third-order valence-electron chi connectivity index (χ3n) is 4.32. The summed E-state index contributed by atoms with van der Waals surface area (Å²) in [6.07, 6.45) is 0. The van der Waals surface area contributed by atoms with E-state index in [1.54, 1.807) is 0 Å². The fraction of sp³-hybridized carbons (Fsp3) is 0.333. The van der Waals surface area contributed by atoms with Crippen molar-refractivity contribution in [3.63, 3.8) is 0 Å². The van der Waals surface area contributed by atoms with Gasteiger partial charge in [-0.1, -0.05) is 30.3 Å². The molecule has 1 aliphatic heterocycles. The van der Waals surface area contributed by atoms with Crippen LogP contribution in [0.25, 0.3) is 0 Å². The lowest BCUT2D eigenvalue weighted by molar-refractivity contribution is 0.0172. The summed E-state index contributed by atoms with van der Waals surface area (Å²) in [6.45, 7) is 2.50. The molecule has 0 aromatic heterocycles. The molecule has 0 spiro atoms. The van der Waals surface area contributed by atoms with E-state index in [2.05, 4.69) is 9.62 Å². The predicted octanol–water partition coefficient (Wildman–Crippen LogP) is 2.32. The first-order valence-corrected chi connectivity index (χ1v) is 9.77. The molecular weight excluding hydrogens is 362 g/mol. The van der Waals surface area contributed by atoms with Crippen molar-refractivity contribution in [3.8, 4) is 0 Å². The highest BCUT2D eigenvalue weighted by molar-refractivity contribution is 7.89. The summed E-state index contributed by atoms with van der Waals surface area (Å²) >= 11 is 0. The zero-order chi connectivity index (χ0) is 18.6. The van der Waals surface area contributed by atoms with Crippen molar-refractivity contribution in [2.75, 3.05) is 32.8 Å². The van der Waals surface area contributed by atoms with Gasteiger partial charge in [-0.05, 0) is 23.8 Å². The first-order valence-electron chi connectivity index (χ1n) is 8.29. The number of nitrogens with one attached hydrogen (secondary N) is 1. The van der Waals surface area contributed by atoms with E-state index in [0.29, 0.717) is 32.4 Å². The number of ether oxygens (including phenoxy) is 1. The Morgan fingerprint density at radius 1 is 1.08 bits per heavy atom. The Labute approximate surface area is 151 Å². The maximum Gasteiger partial charge on any atom is 0.243 e. The van der Waals surface area contributed by atoms with Crippen LogP contribution in [0.5, 0.6) is 0 Å². The highest BCUT2D eigenvalue weighted by Gasteiger charge is 2.26. The minimum atomic E-state index is -4.18. The van der Waals surface area contributed by atoms with Crippen molar-refractivity contribution in [2.45, 2.75) is 10.9 Å². The van der Waals surface area contributed by atoms with Crippen LogP contribution in [0.2, 0.25) is 0 Å². The first-order chi connectivity index (χ1) is 12.5. The van der Waals surface area contributed by atoms with Crippen LogP contribution in [0.1, 0.15) is 11.6 Å². The van der Waals surface area contributed by atoms with Gasteiger partial charge in [0.05, 0.1) is 13.2 Å². The van der Waals surface area contributed by atoms with E-state index in [9.17, 15) is 17.2 Å². The average Bonchev–Trinajstić information content (AvgIpc) is 2.65. The summed E-state index contributed by atoms with van der Waals surface area (Å²) in [5.41, 5.74) is 0.941. The molecule has 8 heteroatoms. The fourth-order valence-electron chi connectivity index (χ4n) is 2.97. The fourth-order valence-corrected chi connectivity index (χ4v) is 4.10. The molecule has 1 fully saturated rings. The summed E-state index contributed by atoms with van der Waals surface area (Å²) in [6, 6.07) is 11.6. The lowest BCUT2D eigenvalue weighted by atomic mass is 10.1. The van der Waals surface area contributed by atoms with Crippen molar-refractivity contribution >= 4 is 10.0 Å². The van der Waals surface area contributed by atoms with E-state index >= 15 is 0 Å². The van der Waals surface area contributed by atoms with Gasteiger partial charge in [0, 0.05) is 25.7 Å². The van der Waals surface area contributed by atoms with Crippen LogP contribution < -0.4 is 4.72 Å². The first kappa shape index (κ1) is 18.9. The maximum atomic E-state index is 13.9. The Morgan fingerprint density at radius 2 is 1.77 bits per heavy atom. The molecule has 1 aliphatic rings. The molecule has 0 bridgehead atoms. The Morgan fingerprint density at radius 3 is 2.46 bits per heavy atom. The van der Waals surface area contributed by atoms with E-state index in [1.165, 1.54) is 0 Å². The summed E-state index contributed by atoms with van der Waals surface area (Å²) in [5.74, 6) is -1.79. The van der Waals surface area contributed by atoms with Gasteiger partial charge >= 0.3 is 0 Å². The molecule has 1 N–H and O–H groups in total. The lowest BCUT2D eigenvalue weighted by Gasteiger charge is -2.34. The predicted molar refractivity (Wildman–Crippen MR) is 93.1 cm³/mol. The van der Waals surface area contributed by atoms with Crippen LogP contribution >= 0.6 is 0 Å². The summed E-state index contributed by atoms with van der Waals surface area (Å²) in [7, 11) is -4.18. The third kappa shape index (κ3) is 4.45. The number of halogens is 2. The molecule has 2 aromatic carbocycles. The van der Waals surface area contributed by atoms with Gasteiger partial charge in [0.2, 0.25) is 10.0 Å². The van der Waals surface area contributed by atoms with Crippen LogP contribution in [0.15, 0.2) is 53.4 Å². The van der Waals surface area contributed by atoms with Gasteiger partial charge in [-0.2, -0.15) is 0 Å². The highest BCUT2D eigenvalue weighted by atomic mass is 32.2. The number of morpholine rings is 1. The second-order valence-corrected chi connectivity index (χ2v) is 7.74. The molecular formula is C18H20F2N2O3S. The van der Waals surface area contributed by atoms with Crippen LogP contribution in [-0.2, 0) is 14.8 Å². The normalized spacial score (nSPS) is 17.2. The molecule has 0 saturated carbocycles. The van der Waals surface area contributed by atoms with E-state index in [0.717, 1.165) is 17.7 Å². The number of nitrogens with zero attached hydrogens (tertiary/aromatic N) is 1. The molecule has 2 aromatic rings. The molecule has 5 nitrogen and oxygen atoms in total. The van der Waals surface area contributed by atoms with Crippen molar-refractivity contribution in [1.82, 2.24) is 9.62 Å². The third-order valence-corrected chi connectivity index (χ3v) is 5.76. The van der Waals surface area contributed by atoms with Crippen molar-refractivity contribution in [1.29, 1.82) is 0 Å². The second kappa shape index (κ2) is 8.22. The number of rotatable bonds is 6. The van der Waals surface area contributed by atoms with Gasteiger partial charge in [-0.15, -0.1) is 0 Å². The lowest BCUT2D eigenvalue weighted by Crippen LogP contribution is -2.43. The van der Waals surface area contributed by atoms with Crippen molar-refractivity contribution in [2.24, 2.45) is 0 Å². The molecule has 140 valence electrons. The zero-order valence-electron chi connectivity index (χ0n) is 14.1. The molecule has 0 unspecified atom stereocenters. The molecule has 0 amide bonds. The van der Waals surface area contributed by atoms with Gasteiger partial charge in [0.15, 0.2) is 0 Å². The summed E-state index contributed by atoms with van der Waals surface area (Å²) < 4.78 is 59.9. The quantitative estimate of drug-likeness (QED) is 0.833. The van der Waals surface area contributed by atoms with Crippen molar-refractivity contribution in [3.05, 3.63) is 65.7 Å². The van der Waals surface area contributed by atoms with Gasteiger partial charge in [0.1, 0.15) is 16.5 Å². The Balaban J connectivity index is 1.82. The molecule has 3 rings (SSSR count). The number of hydrogen-bond donors (Lipinski definition) is 1. The van der Waals surface area contributed by atoms with Crippen LogP contribution in [0.3, 0.4) is 0 Å². The topological polar surface area (TPSA) is 58.6 Å². The Bertz CT molecular complexity index is 841. The number of hydrogen-bond acceptors (Lipinski definition) is 4. The molecule has 1 heterocycles. The average molecular weight is 382 g/mol. The van der Waals surface area contributed by atoms with E-state index in [-0.39, 0.29) is 12.6 Å². The number of sulfonamides is 1. The van der Waals surface area contributed by atoms with Gasteiger partial charge in [-0.25, -0.2) is 21.9 Å². The molecule has 26 heavy (non-hydrogen) atoms. The van der Waals surface area contributed by atoms with E-state index < -0.39 is 26.6 Å². The Kier molecular flexibility index (Phi) is 5.98. The largest absolute Gasteiger partial charge is 0.379 e. The standard InChI is InChI=1S/C18H20F2N2O3S/c19-15-6-7-16(20)18(12-15)26(23,24)21-13-17(14-4-2-1-3-5-14)22-8-10-25-11-9-22/h1-7,12,17,21H,8-11,13H2/t17-/m0/s1. The summed E-state index contributed by atoms with van der Waals surface area (Å²) in [5, 5.41) is 0. The van der Waals surface area contributed by atoms with Gasteiger partial charge < -0.3 is 4.74 Å². The monoisotopic (exact) mass is 382 g/mol. The maximum absolute atomic E-state index is 13.9. The summed E-state index contributed by atoms with van der Waals surface area (Å²) in [4.78, 5) is 1.43. The van der Waals surface area contributed by atoms with E-state index in [4.69, 9.17) is 4.74 Å².